The van der Waals surface area contributed by atoms with Gasteiger partial charge in [0.05, 0.1) is 0 Å². The Bertz CT molecular complexity index is 1010. The number of esters is 1. The lowest BCUT2D eigenvalue weighted by Gasteiger charge is -2.18. The zero-order valence-corrected chi connectivity index (χ0v) is 13.7. The number of fused-ring (bicyclic) bond motifs is 1. The monoisotopic (exact) mass is 345 g/mol. The molecule has 0 fully saturated rings. The topological polar surface area (TPSA) is 107 Å². The van der Waals surface area contributed by atoms with E-state index in [9.17, 15) is 4.79 Å². The van der Waals surface area contributed by atoms with Crippen LogP contribution in [0.5, 0.6) is 0 Å². The van der Waals surface area contributed by atoms with Crippen molar-refractivity contribution in [3.8, 4) is 0 Å². The summed E-state index contributed by atoms with van der Waals surface area (Å²) in [4.78, 5) is 27.5. The number of nitrogens with one attached hydrogen (secondary N) is 1. The van der Waals surface area contributed by atoms with Gasteiger partial charge >= 0.3 is 5.97 Å². The largest absolute Gasteiger partial charge is 0.447 e. The smallest absolute Gasteiger partial charge is 0.375 e. The molecule has 0 aliphatic heterocycles. The summed E-state index contributed by atoms with van der Waals surface area (Å²) in [5.74, 6) is -0.339. The van der Waals surface area contributed by atoms with Crippen molar-refractivity contribution in [2.75, 3.05) is 5.73 Å². The number of hydrogen-bond donors (Lipinski definition) is 2. The summed E-state index contributed by atoms with van der Waals surface area (Å²) in [5.41, 5.74) is 8.24. The first kappa shape index (κ1) is 15.8. The van der Waals surface area contributed by atoms with Gasteiger partial charge in [0.1, 0.15) is 11.8 Å². The number of carbonyl (C=O) groups is 1. The summed E-state index contributed by atoms with van der Waals surface area (Å²) in [6.07, 6.45) is 0.742. The van der Waals surface area contributed by atoms with Crippen molar-refractivity contribution in [1.82, 2.24) is 19.9 Å². The van der Waals surface area contributed by atoms with Gasteiger partial charge in [-0.25, -0.2) is 19.7 Å². The first-order chi connectivity index (χ1) is 12.7. The number of nitrogens with zero attached hydrogens (tertiary/aromatic N) is 3. The Balaban J connectivity index is 1.68. The van der Waals surface area contributed by atoms with Crippen LogP contribution < -0.4 is 5.73 Å². The molecule has 26 heavy (non-hydrogen) atoms. The Morgan fingerprint density at radius 2 is 1.58 bits per heavy atom. The van der Waals surface area contributed by atoms with Crippen LogP contribution in [-0.4, -0.2) is 25.9 Å². The van der Waals surface area contributed by atoms with Crippen LogP contribution in [0.2, 0.25) is 0 Å². The van der Waals surface area contributed by atoms with Crippen LogP contribution in [0.3, 0.4) is 0 Å². The number of nitrogen functional groups attached to an aromatic ring is 1. The molecule has 4 aromatic rings. The van der Waals surface area contributed by atoms with E-state index in [1.165, 1.54) is 6.33 Å². The molecule has 0 aliphatic carbocycles. The number of rotatable bonds is 4. The lowest BCUT2D eigenvalue weighted by Crippen LogP contribution is -2.14. The minimum absolute atomic E-state index is 0.0315. The van der Waals surface area contributed by atoms with Crippen LogP contribution in [0.25, 0.3) is 11.2 Å². The van der Waals surface area contributed by atoms with Gasteiger partial charge in [0.2, 0.25) is 5.82 Å². The second-order valence-corrected chi connectivity index (χ2v) is 5.65. The molecule has 0 bridgehead atoms. The summed E-state index contributed by atoms with van der Waals surface area (Å²) in [6, 6.07) is 19.1. The third-order valence-corrected chi connectivity index (χ3v) is 3.94. The maximum atomic E-state index is 12.7. The average Bonchev–Trinajstić information content (AvgIpc) is 3.13. The number of nitrogens with two attached hydrogens (primary N) is 1. The fourth-order valence-electron chi connectivity index (χ4n) is 2.69. The zero-order chi connectivity index (χ0) is 17.9. The van der Waals surface area contributed by atoms with Gasteiger partial charge in [-0.3, -0.25) is 0 Å². The van der Waals surface area contributed by atoms with Crippen LogP contribution in [0.4, 0.5) is 5.82 Å². The second-order valence-electron chi connectivity index (χ2n) is 5.65. The molecule has 128 valence electrons. The van der Waals surface area contributed by atoms with Crippen molar-refractivity contribution in [1.29, 1.82) is 0 Å². The van der Waals surface area contributed by atoms with E-state index in [0.29, 0.717) is 11.2 Å². The molecule has 7 nitrogen and oxygen atoms in total. The first-order valence-electron chi connectivity index (χ1n) is 7.99. The van der Waals surface area contributed by atoms with E-state index in [0.717, 1.165) is 11.1 Å². The number of anilines is 1. The molecular formula is C19H15N5O2. The number of benzene rings is 2. The number of ether oxygens (including phenoxy) is 1. The Labute approximate surface area is 148 Å². The molecule has 0 atom stereocenters. The minimum atomic E-state index is -0.597. The molecule has 0 radical (unpaired) electrons. The predicted octanol–water partition coefficient (Wildman–Crippen LogP) is 2.88. The predicted molar refractivity (Wildman–Crippen MR) is 96.2 cm³/mol. The third kappa shape index (κ3) is 2.98. The van der Waals surface area contributed by atoms with Crippen molar-refractivity contribution < 1.29 is 9.53 Å². The number of imidazole rings is 1. The molecule has 2 aromatic carbocycles. The van der Waals surface area contributed by atoms with Gasteiger partial charge in [0.15, 0.2) is 17.6 Å². The fraction of sp³-hybridized carbons (Fsp3) is 0.0526. The van der Waals surface area contributed by atoms with Gasteiger partial charge in [-0.1, -0.05) is 60.7 Å². The van der Waals surface area contributed by atoms with Crippen LogP contribution in [0.1, 0.15) is 27.8 Å². The molecule has 0 spiro atoms. The first-order valence-corrected chi connectivity index (χ1v) is 7.99. The number of aromatic nitrogens is 4. The number of carbonyl (C=O) groups excluding carboxylic acids is 1. The Hall–Kier alpha value is -3.74. The van der Waals surface area contributed by atoms with Gasteiger partial charge < -0.3 is 15.5 Å². The molecule has 2 aromatic heterocycles. The average molecular weight is 345 g/mol. The molecule has 0 aliphatic rings. The standard InChI is InChI=1S/C19H15N5O2/c20-16-14-17(22-11-21-16)24-18(23-14)19(25)26-15(12-7-3-1-4-8-12)13-9-5-2-6-10-13/h1-11,15H,(H3,20,21,22,23,24). The maximum absolute atomic E-state index is 12.7. The molecule has 7 heteroatoms. The third-order valence-electron chi connectivity index (χ3n) is 3.94. The Morgan fingerprint density at radius 1 is 0.962 bits per heavy atom. The molecule has 0 amide bonds. The van der Waals surface area contributed by atoms with Crippen LogP contribution in [0.15, 0.2) is 67.0 Å². The summed E-state index contributed by atoms with van der Waals surface area (Å²) >= 11 is 0. The van der Waals surface area contributed by atoms with Crippen molar-refractivity contribution >= 4 is 23.0 Å². The molecule has 3 N–H and O–H groups in total. The van der Waals surface area contributed by atoms with Gasteiger partial charge in [-0.15, -0.1) is 0 Å². The number of aromatic amines is 1. The van der Waals surface area contributed by atoms with Gasteiger partial charge in [-0.05, 0) is 11.1 Å². The highest BCUT2D eigenvalue weighted by molar-refractivity contribution is 5.92. The maximum Gasteiger partial charge on any atom is 0.375 e. The van der Waals surface area contributed by atoms with E-state index >= 15 is 0 Å². The van der Waals surface area contributed by atoms with Gasteiger partial charge in [-0.2, -0.15) is 0 Å². The van der Waals surface area contributed by atoms with Crippen molar-refractivity contribution in [3.05, 3.63) is 83.9 Å². The Kier molecular flexibility index (Phi) is 4.03. The molecule has 2 heterocycles. The summed E-state index contributed by atoms with van der Waals surface area (Å²) in [5, 5.41) is 0. The lowest BCUT2D eigenvalue weighted by molar-refractivity contribution is 0.0365. The number of hydrogen-bond acceptors (Lipinski definition) is 6. The Morgan fingerprint density at radius 3 is 2.15 bits per heavy atom. The van der Waals surface area contributed by atoms with Crippen molar-refractivity contribution in [3.63, 3.8) is 0 Å². The number of H-pyrrole nitrogens is 1. The minimum Gasteiger partial charge on any atom is -0.447 e. The highest BCUT2D eigenvalue weighted by Gasteiger charge is 2.22. The second kappa shape index (κ2) is 6.64. The van der Waals surface area contributed by atoms with Crippen LogP contribution in [-0.2, 0) is 4.74 Å². The highest BCUT2D eigenvalue weighted by Crippen LogP contribution is 2.27. The normalized spacial score (nSPS) is 11.0. The van der Waals surface area contributed by atoms with E-state index in [4.69, 9.17) is 10.5 Å². The van der Waals surface area contributed by atoms with E-state index in [2.05, 4.69) is 19.9 Å². The van der Waals surface area contributed by atoms with E-state index in [1.807, 2.05) is 60.7 Å². The quantitative estimate of drug-likeness (QED) is 0.551. The summed E-state index contributed by atoms with van der Waals surface area (Å²) in [6.45, 7) is 0. The van der Waals surface area contributed by atoms with Crippen LogP contribution in [0, 0.1) is 0 Å². The van der Waals surface area contributed by atoms with Gasteiger partial charge in [0.25, 0.3) is 0 Å². The molecule has 0 saturated carbocycles. The molecular weight excluding hydrogens is 330 g/mol. The SMILES string of the molecule is Nc1ncnc2nc(C(=O)OC(c3ccccc3)c3ccccc3)[nH]c12. The summed E-state index contributed by atoms with van der Waals surface area (Å²) < 4.78 is 5.76. The molecule has 0 saturated heterocycles. The zero-order valence-electron chi connectivity index (χ0n) is 13.7. The molecule has 0 unspecified atom stereocenters. The van der Waals surface area contributed by atoms with E-state index in [-0.39, 0.29) is 11.6 Å². The van der Waals surface area contributed by atoms with Gasteiger partial charge in [0, 0.05) is 0 Å². The van der Waals surface area contributed by atoms with E-state index < -0.39 is 12.1 Å². The molecule has 4 rings (SSSR count). The summed E-state index contributed by atoms with van der Waals surface area (Å²) in [7, 11) is 0. The van der Waals surface area contributed by atoms with Crippen LogP contribution >= 0.6 is 0 Å². The lowest BCUT2D eigenvalue weighted by atomic mass is 10.0. The van der Waals surface area contributed by atoms with E-state index in [1.54, 1.807) is 0 Å². The van der Waals surface area contributed by atoms with Crippen molar-refractivity contribution in [2.45, 2.75) is 6.10 Å². The fourth-order valence-corrected chi connectivity index (χ4v) is 2.69. The highest BCUT2D eigenvalue weighted by atomic mass is 16.5. The van der Waals surface area contributed by atoms with Crippen molar-refractivity contribution in [2.24, 2.45) is 0 Å².